The summed E-state index contributed by atoms with van der Waals surface area (Å²) in [5.41, 5.74) is 6.60. The number of amides is 1. The smallest absolute Gasteiger partial charge is 0.241 e. The molecule has 0 bridgehead atoms. The number of carbonyl (C=O) groups excluding carboxylic acids is 1. The quantitative estimate of drug-likeness (QED) is 0.723. The Labute approximate surface area is 107 Å². The zero-order valence-electron chi connectivity index (χ0n) is 11.0. The molecule has 1 aromatic rings. The molecule has 1 amide bonds. The molecule has 1 aromatic heterocycles. The lowest BCUT2D eigenvalue weighted by Gasteiger charge is -2.17. The van der Waals surface area contributed by atoms with Gasteiger partial charge in [0.2, 0.25) is 5.91 Å². The summed E-state index contributed by atoms with van der Waals surface area (Å²) >= 11 is 0. The van der Waals surface area contributed by atoms with Gasteiger partial charge in [0.05, 0.1) is 6.20 Å². The molecule has 6 heteroatoms. The van der Waals surface area contributed by atoms with Gasteiger partial charge in [-0.25, -0.2) is 0 Å². The van der Waals surface area contributed by atoms with Gasteiger partial charge in [-0.2, -0.15) is 5.10 Å². The number of rotatable bonds is 6. The molecule has 1 fully saturated rings. The predicted molar refractivity (Wildman–Crippen MR) is 68.8 cm³/mol. The Morgan fingerprint density at radius 1 is 1.72 bits per heavy atom. The fourth-order valence-electron chi connectivity index (χ4n) is 1.92. The molecule has 1 saturated carbocycles. The normalized spacial score (nSPS) is 16.9. The Bertz CT molecular complexity index is 412. The second kappa shape index (κ2) is 5.49. The highest BCUT2D eigenvalue weighted by Gasteiger charge is 2.25. The van der Waals surface area contributed by atoms with E-state index in [1.54, 1.807) is 24.1 Å². The van der Waals surface area contributed by atoms with Gasteiger partial charge in [0.1, 0.15) is 6.04 Å². The number of nitrogens with one attached hydrogen (secondary N) is 1. The van der Waals surface area contributed by atoms with Crippen LogP contribution >= 0.6 is 0 Å². The van der Waals surface area contributed by atoms with Crippen LogP contribution < -0.4 is 11.1 Å². The molecule has 18 heavy (non-hydrogen) atoms. The van der Waals surface area contributed by atoms with Crippen LogP contribution in [0.25, 0.3) is 0 Å². The van der Waals surface area contributed by atoms with E-state index in [9.17, 15) is 4.79 Å². The second-order valence-electron chi connectivity index (χ2n) is 4.93. The molecular formula is C12H21N5O. The Morgan fingerprint density at radius 3 is 3.00 bits per heavy atom. The van der Waals surface area contributed by atoms with Crippen molar-refractivity contribution in [2.75, 3.05) is 20.1 Å². The number of likely N-dealkylation sites (N-methyl/N-ethyl adjacent to an activating group) is 1. The van der Waals surface area contributed by atoms with Gasteiger partial charge in [0.25, 0.3) is 0 Å². The van der Waals surface area contributed by atoms with Gasteiger partial charge in [0.15, 0.2) is 0 Å². The number of nitrogens with zero attached hydrogens (tertiary/aromatic N) is 3. The molecule has 1 heterocycles. The number of nitrogens with two attached hydrogens (primary N) is 1. The molecule has 100 valence electrons. The molecular weight excluding hydrogens is 230 g/mol. The molecule has 0 spiro atoms. The SMILES string of the molecule is CN(CCNC(=O)C(N)c1cnn(C)c1)C1CC1. The van der Waals surface area contributed by atoms with Gasteiger partial charge in [-0.3, -0.25) is 9.48 Å². The van der Waals surface area contributed by atoms with Crippen LogP contribution in [0.15, 0.2) is 12.4 Å². The zero-order chi connectivity index (χ0) is 13.1. The van der Waals surface area contributed by atoms with Crippen LogP contribution in [0.2, 0.25) is 0 Å². The van der Waals surface area contributed by atoms with Crippen molar-refractivity contribution in [2.24, 2.45) is 12.8 Å². The van der Waals surface area contributed by atoms with E-state index in [4.69, 9.17) is 5.73 Å². The summed E-state index contributed by atoms with van der Waals surface area (Å²) in [6.45, 7) is 1.51. The van der Waals surface area contributed by atoms with Crippen LogP contribution in [0.4, 0.5) is 0 Å². The van der Waals surface area contributed by atoms with Gasteiger partial charge in [0, 0.05) is 37.9 Å². The molecule has 0 radical (unpaired) electrons. The third-order valence-electron chi connectivity index (χ3n) is 3.30. The number of hydrogen-bond donors (Lipinski definition) is 2. The van der Waals surface area contributed by atoms with E-state index in [-0.39, 0.29) is 5.91 Å². The Balaban J connectivity index is 1.73. The highest BCUT2D eigenvalue weighted by Crippen LogP contribution is 2.24. The van der Waals surface area contributed by atoms with Gasteiger partial charge in [-0.05, 0) is 19.9 Å². The number of aromatic nitrogens is 2. The number of aryl methyl sites for hydroxylation is 1. The standard InChI is InChI=1S/C12H21N5O/c1-16(10-3-4-10)6-5-14-12(18)11(13)9-7-15-17(2)8-9/h7-8,10-11H,3-6,13H2,1-2H3,(H,14,18). The van der Waals surface area contributed by atoms with E-state index in [1.165, 1.54) is 12.8 Å². The topological polar surface area (TPSA) is 76.2 Å². The summed E-state index contributed by atoms with van der Waals surface area (Å²) in [7, 11) is 3.89. The van der Waals surface area contributed by atoms with Crippen molar-refractivity contribution < 1.29 is 4.79 Å². The summed E-state index contributed by atoms with van der Waals surface area (Å²) in [4.78, 5) is 14.1. The molecule has 0 aromatic carbocycles. The number of carbonyl (C=O) groups is 1. The van der Waals surface area contributed by atoms with Crippen LogP contribution in [0.3, 0.4) is 0 Å². The predicted octanol–water partition coefficient (Wildman–Crippen LogP) is -0.370. The van der Waals surface area contributed by atoms with E-state index >= 15 is 0 Å². The Hall–Kier alpha value is -1.40. The van der Waals surface area contributed by atoms with Gasteiger partial charge in [-0.15, -0.1) is 0 Å². The van der Waals surface area contributed by atoms with Gasteiger partial charge < -0.3 is 16.0 Å². The first-order chi connectivity index (χ1) is 8.58. The monoisotopic (exact) mass is 251 g/mol. The van der Waals surface area contributed by atoms with E-state index in [0.29, 0.717) is 12.6 Å². The largest absolute Gasteiger partial charge is 0.353 e. The third-order valence-corrected chi connectivity index (χ3v) is 3.30. The van der Waals surface area contributed by atoms with E-state index < -0.39 is 6.04 Å². The van der Waals surface area contributed by atoms with Crippen molar-refractivity contribution in [2.45, 2.75) is 24.9 Å². The Morgan fingerprint density at radius 2 is 2.44 bits per heavy atom. The maximum absolute atomic E-state index is 11.8. The fraction of sp³-hybridized carbons (Fsp3) is 0.667. The van der Waals surface area contributed by atoms with Crippen LogP contribution in [0.5, 0.6) is 0 Å². The maximum atomic E-state index is 11.8. The molecule has 1 aliphatic rings. The lowest BCUT2D eigenvalue weighted by molar-refractivity contribution is -0.122. The van der Waals surface area contributed by atoms with Gasteiger partial charge in [-0.1, -0.05) is 0 Å². The Kier molecular flexibility index (Phi) is 3.98. The van der Waals surface area contributed by atoms with Crippen LogP contribution in [-0.2, 0) is 11.8 Å². The number of hydrogen-bond acceptors (Lipinski definition) is 4. The summed E-state index contributed by atoms with van der Waals surface area (Å²) in [5.74, 6) is -0.146. The van der Waals surface area contributed by atoms with Crippen molar-refractivity contribution in [1.29, 1.82) is 0 Å². The molecule has 3 N–H and O–H groups in total. The maximum Gasteiger partial charge on any atom is 0.241 e. The van der Waals surface area contributed by atoms with Crippen LogP contribution in [0.1, 0.15) is 24.4 Å². The average molecular weight is 251 g/mol. The molecule has 1 aliphatic carbocycles. The highest BCUT2D eigenvalue weighted by molar-refractivity contribution is 5.82. The first-order valence-corrected chi connectivity index (χ1v) is 6.30. The molecule has 6 nitrogen and oxygen atoms in total. The average Bonchev–Trinajstić information content (AvgIpc) is 3.11. The molecule has 0 aliphatic heterocycles. The van der Waals surface area contributed by atoms with Crippen molar-refractivity contribution in [1.82, 2.24) is 20.0 Å². The van der Waals surface area contributed by atoms with E-state index in [2.05, 4.69) is 22.4 Å². The van der Waals surface area contributed by atoms with Crippen molar-refractivity contribution in [3.8, 4) is 0 Å². The van der Waals surface area contributed by atoms with Crippen molar-refractivity contribution in [3.05, 3.63) is 18.0 Å². The molecule has 1 atom stereocenters. The lowest BCUT2D eigenvalue weighted by Crippen LogP contribution is -2.38. The van der Waals surface area contributed by atoms with Crippen molar-refractivity contribution in [3.63, 3.8) is 0 Å². The van der Waals surface area contributed by atoms with Crippen LogP contribution in [0, 0.1) is 0 Å². The third kappa shape index (κ3) is 3.30. The first-order valence-electron chi connectivity index (χ1n) is 6.30. The summed E-state index contributed by atoms with van der Waals surface area (Å²) < 4.78 is 1.64. The lowest BCUT2D eigenvalue weighted by atomic mass is 10.1. The highest BCUT2D eigenvalue weighted by atomic mass is 16.2. The molecule has 2 rings (SSSR count). The summed E-state index contributed by atoms with van der Waals surface area (Å²) in [6.07, 6.45) is 5.94. The molecule has 0 saturated heterocycles. The zero-order valence-corrected chi connectivity index (χ0v) is 11.0. The molecule has 1 unspecified atom stereocenters. The summed E-state index contributed by atoms with van der Waals surface area (Å²) in [6, 6.07) is 0.0822. The minimum Gasteiger partial charge on any atom is -0.353 e. The van der Waals surface area contributed by atoms with Crippen molar-refractivity contribution >= 4 is 5.91 Å². The second-order valence-corrected chi connectivity index (χ2v) is 4.93. The first kappa shape index (κ1) is 13.0. The minimum atomic E-state index is -0.634. The summed E-state index contributed by atoms with van der Waals surface area (Å²) in [5, 5.41) is 6.87. The van der Waals surface area contributed by atoms with E-state index in [1.807, 2.05) is 0 Å². The fourth-order valence-corrected chi connectivity index (χ4v) is 1.92. The minimum absolute atomic E-state index is 0.146. The van der Waals surface area contributed by atoms with Gasteiger partial charge >= 0.3 is 0 Å². The van der Waals surface area contributed by atoms with Crippen LogP contribution in [-0.4, -0.2) is 46.8 Å². The van der Waals surface area contributed by atoms with E-state index in [0.717, 1.165) is 12.1 Å².